The number of nitrogens with two attached hydrogens (primary N) is 1. The highest BCUT2D eigenvalue weighted by Gasteiger charge is 2.18. The number of hydrogen-bond donors (Lipinski definition) is 1. The summed E-state index contributed by atoms with van der Waals surface area (Å²) in [6.07, 6.45) is 2.07. The Balaban J connectivity index is 2.11. The molecular weight excluding hydrogens is 258 g/mol. The highest BCUT2D eigenvalue weighted by Crippen LogP contribution is 2.39. The van der Waals surface area contributed by atoms with E-state index in [1.165, 1.54) is 0 Å². The lowest BCUT2D eigenvalue weighted by molar-refractivity contribution is 0.0489. The van der Waals surface area contributed by atoms with Crippen molar-refractivity contribution in [3.63, 3.8) is 0 Å². The van der Waals surface area contributed by atoms with Crippen molar-refractivity contribution >= 4 is 0 Å². The van der Waals surface area contributed by atoms with Gasteiger partial charge in [-0.15, -0.1) is 0 Å². The molecule has 1 aromatic carbocycles. The zero-order chi connectivity index (χ0) is 14.4. The molecule has 1 aliphatic rings. The van der Waals surface area contributed by atoms with Gasteiger partial charge in [-0.1, -0.05) is 0 Å². The van der Waals surface area contributed by atoms with Gasteiger partial charge >= 0.3 is 0 Å². The van der Waals surface area contributed by atoms with E-state index in [1.807, 2.05) is 12.1 Å². The van der Waals surface area contributed by atoms with E-state index in [0.717, 1.165) is 31.6 Å². The molecule has 0 aromatic heterocycles. The van der Waals surface area contributed by atoms with Gasteiger partial charge in [0.2, 0.25) is 5.75 Å². The van der Waals surface area contributed by atoms with Crippen molar-refractivity contribution in [1.82, 2.24) is 0 Å². The minimum Gasteiger partial charge on any atom is -0.493 e. The van der Waals surface area contributed by atoms with Crippen LogP contribution in [0.4, 0.5) is 0 Å². The van der Waals surface area contributed by atoms with Crippen molar-refractivity contribution in [2.24, 2.45) is 11.7 Å². The Bertz CT molecular complexity index is 405. The molecule has 0 saturated carbocycles. The summed E-state index contributed by atoms with van der Waals surface area (Å²) < 4.78 is 22.1. The Kier molecular flexibility index (Phi) is 5.49. The molecule has 0 unspecified atom stereocenters. The lowest BCUT2D eigenvalue weighted by Gasteiger charge is -2.23. The summed E-state index contributed by atoms with van der Waals surface area (Å²) in [6.45, 7) is 2.72. The van der Waals surface area contributed by atoms with Gasteiger partial charge in [0.05, 0.1) is 20.8 Å². The molecule has 1 aliphatic heterocycles. The SMILES string of the molecule is COc1cc(CN)cc(OC)c1OCC1CCOCC1. The third-order valence-electron chi connectivity index (χ3n) is 3.56. The van der Waals surface area contributed by atoms with Crippen LogP contribution in [0.3, 0.4) is 0 Å². The van der Waals surface area contributed by atoms with Gasteiger partial charge in [-0.3, -0.25) is 0 Å². The maximum Gasteiger partial charge on any atom is 0.203 e. The number of methoxy groups -OCH3 is 2. The van der Waals surface area contributed by atoms with Gasteiger partial charge in [-0.05, 0) is 36.5 Å². The summed E-state index contributed by atoms with van der Waals surface area (Å²) in [4.78, 5) is 0. The van der Waals surface area contributed by atoms with Crippen molar-refractivity contribution in [1.29, 1.82) is 0 Å². The monoisotopic (exact) mass is 281 g/mol. The average molecular weight is 281 g/mol. The molecule has 20 heavy (non-hydrogen) atoms. The summed E-state index contributed by atoms with van der Waals surface area (Å²) in [5, 5.41) is 0. The lowest BCUT2D eigenvalue weighted by Crippen LogP contribution is -2.21. The van der Waals surface area contributed by atoms with Crippen LogP contribution in [-0.4, -0.2) is 34.0 Å². The summed E-state index contributed by atoms with van der Waals surface area (Å²) in [7, 11) is 3.24. The number of rotatable bonds is 6. The molecule has 0 atom stereocenters. The third-order valence-corrected chi connectivity index (χ3v) is 3.56. The maximum absolute atomic E-state index is 5.94. The van der Waals surface area contributed by atoms with Crippen molar-refractivity contribution in [2.75, 3.05) is 34.0 Å². The molecule has 0 amide bonds. The predicted octanol–water partition coefficient (Wildman–Crippen LogP) is 1.97. The molecule has 112 valence electrons. The van der Waals surface area contributed by atoms with Crippen LogP contribution in [0.2, 0.25) is 0 Å². The molecule has 0 radical (unpaired) electrons. The maximum atomic E-state index is 5.94. The second kappa shape index (κ2) is 7.36. The highest BCUT2D eigenvalue weighted by molar-refractivity contribution is 5.53. The molecule has 1 aromatic rings. The molecule has 2 N–H and O–H groups in total. The molecule has 0 bridgehead atoms. The van der Waals surface area contributed by atoms with Gasteiger partial charge in [0.25, 0.3) is 0 Å². The normalized spacial score (nSPS) is 15.9. The molecule has 0 aliphatic carbocycles. The second-order valence-corrected chi connectivity index (χ2v) is 4.90. The van der Waals surface area contributed by atoms with Gasteiger partial charge in [-0.2, -0.15) is 0 Å². The average Bonchev–Trinajstić information content (AvgIpc) is 2.52. The zero-order valence-electron chi connectivity index (χ0n) is 12.2. The van der Waals surface area contributed by atoms with E-state index in [4.69, 9.17) is 24.7 Å². The Morgan fingerprint density at radius 3 is 2.25 bits per heavy atom. The largest absolute Gasteiger partial charge is 0.493 e. The Labute approximate surface area is 120 Å². The van der Waals surface area contributed by atoms with E-state index in [-0.39, 0.29) is 0 Å². The summed E-state index contributed by atoms with van der Waals surface area (Å²) in [5.41, 5.74) is 6.63. The van der Waals surface area contributed by atoms with E-state index in [2.05, 4.69) is 0 Å². The first-order chi connectivity index (χ1) is 9.78. The standard InChI is InChI=1S/C15H23NO4/c1-17-13-7-12(9-16)8-14(18-2)15(13)20-10-11-3-5-19-6-4-11/h7-8,11H,3-6,9-10,16H2,1-2H3. The van der Waals surface area contributed by atoms with Crippen molar-refractivity contribution in [3.05, 3.63) is 17.7 Å². The fraction of sp³-hybridized carbons (Fsp3) is 0.600. The van der Waals surface area contributed by atoms with E-state index in [0.29, 0.717) is 36.3 Å². The van der Waals surface area contributed by atoms with Crippen LogP contribution in [0.5, 0.6) is 17.2 Å². The Hall–Kier alpha value is -1.46. The van der Waals surface area contributed by atoms with Gasteiger partial charge in [0.1, 0.15) is 0 Å². The smallest absolute Gasteiger partial charge is 0.203 e. The van der Waals surface area contributed by atoms with E-state index in [1.54, 1.807) is 14.2 Å². The molecule has 5 heteroatoms. The topological polar surface area (TPSA) is 62.9 Å². The predicted molar refractivity (Wildman–Crippen MR) is 76.5 cm³/mol. The lowest BCUT2D eigenvalue weighted by atomic mass is 10.0. The van der Waals surface area contributed by atoms with Gasteiger partial charge in [0.15, 0.2) is 11.5 Å². The van der Waals surface area contributed by atoms with Gasteiger partial charge in [0, 0.05) is 19.8 Å². The Morgan fingerprint density at radius 2 is 1.75 bits per heavy atom. The van der Waals surface area contributed by atoms with E-state index in [9.17, 15) is 0 Å². The van der Waals surface area contributed by atoms with Crippen LogP contribution in [-0.2, 0) is 11.3 Å². The first-order valence-electron chi connectivity index (χ1n) is 6.94. The van der Waals surface area contributed by atoms with Crippen molar-refractivity contribution < 1.29 is 18.9 Å². The fourth-order valence-corrected chi connectivity index (χ4v) is 2.31. The molecule has 1 saturated heterocycles. The Morgan fingerprint density at radius 1 is 1.15 bits per heavy atom. The van der Waals surface area contributed by atoms with E-state index < -0.39 is 0 Å². The molecule has 1 heterocycles. The first-order valence-corrected chi connectivity index (χ1v) is 6.94. The summed E-state index contributed by atoms with van der Waals surface area (Å²) in [6, 6.07) is 3.78. The number of benzene rings is 1. The summed E-state index contributed by atoms with van der Waals surface area (Å²) >= 11 is 0. The van der Waals surface area contributed by atoms with Crippen LogP contribution < -0.4 is 19.9 Å². The third kappa shape index (κ3) is 3.55. The van der Waals surface area contributed by atoms with Gasteiger partial charge in [-0.25, -0.2) is 0 Å². The van der Waals surface area contributed by atoms with Crippen LogP contribution >= 0.6 is 0 Å². The number of ether oxygens (including phenoxy) is 4. The molecular formula is C15H23NO4. The molecule has 5 nitrogen and oxygen atoms in total. The van der Waals surface area contributed by atoms with Crippen LogP contribution in [0, 0.1) is 5.92 Å². The van der Waals surface area contributed by atoms with Crippen molar-refractivity contribution in [3.8, 4) is 17.2 Å². The first kappa shape index (κ1) is 14.9. The second-order valence-electron chi connectivity index (χ2n) is 4.90. The minimum atomic E-state index is 0.437. The van der Waals surface area contributed by atoms with Crippen LogP contribution in [0.25, 0.3) is 0 Å². The molecule has 0 spiro atoms. The van der Waals surface area contributed by atoms with Crippen molar-refractivity contribution in [2.45, 2.75) is 19.4 Å². The van der Waals surface area contributed by atoms with Gasteiger partial charge < -0.3 is 24.7 Å². The fourth-order valence-electron chi connectivity index (χ4n) is 2.31. The zero-order valence-corrected chi connectivity index (χ0v) is 12.2. The molecule has 1 fully saturated rings. The van der Waals surface area contributed by atoms with E-state index >= 15 is 0 Å². The molecule has 2 rings (SSSR count). The number of hydrogen-bond acceptors (Lipinski definition) is 5. The highest BCUT2D eigenvalue weighted by atomic mass is 16.5. The minimum absolute atomic E-state index is 0.437. The van der Waals surface area contributed by atoms with Crippen LogP contribution in [0.15, 0.2) is 12.1 Å². The quantitative estimate of drug-likeness (QED) is 0.863. The van der Waals surface area contributed by atoms with Crippen LogP contribution in [0.1, 0.15) is 18.4 Å². The summed E-state index contributed by atoms with van der Waals surface area (Å²) in [5.74, 6) is 2.50.